The summed E-state index contributed by atoms with van der Waals surface area (Å²) in [4.78, 5) is 37.3. The number of nitrogens with zero attached hydrogens (tertiary/aromatic N) is 3. The van der Waals surface area contributed by atoms with E-state index in [0.29, 0.717) is 28.0 Å². The lowest BCUT2D eigenvalue weighted by Gasteiger charge is -2.29. The number of ether oxygens (including phenoxy) is 2. The van der Waals surface area contributed by atoms with E-state index in [4.69, 9.17) is 9.47 Å². The normalized spacial score (nSPS) is 12.8. The number of rotatable bonds is 8. The third-order valence-electron chi connectivity index (χ3n) is 7.52. The molecule has 9 heteroatoms. The molecule has 0 fully saturated rings. The molecule has 0 aliphatic carbocycles. The highest BCUT2D eigenvalue weighted by Crippen LogP contribution is 2.33. The van der Waals surface area contributed by atoms with Gasteiger partial charge in [-0.1, -0.05) is 36.4 Å². The molecule has 216 valence electrons. The maximum Gasteiger partial charge on any atom is 0.275 e. The van der Waals surface area contributed by atoms with Crippen LogP contribution in [0.15, 0.2) is 91.1 Å². The van der Waals surface area contributed by atoms with Crippen LogP contribution in [0.3, 0.4) is 0 Å². The van der Waals surface area contributed by atoms with Gasteiger partial charge in [-0.05, 0) is 71.6 Å². The van der Waals surface area contributed by atoms with E-state index in [1.807, 2.05) is 42.5 Å². The molecule has 2 N–H and O–H groups in total. The van der Waals surface area contributed by atoms with Crippen molar-refractivity contribution in [1.82, 2.24) is 14.9 Å². The summed E-state index contributed by atoms with van der Waals surface area (Å²) in [5.41, 5.74) is 6.55. The summed E-state index contributed by atoms with van der Waals surface area (Å²) in [7, 11) is 3.31. The van der Waals surface area contributed by atoms with E-state index in [1.54, 1.807) is 44.6 Å². The Morgan fingerprint density at radius 3 is 2.28 bits per heavy atom. The van der Waals surface area contributed by atoms with Crippen molar-refractivity contribution in [3.8, 4) is 11.5 Å². The van der Waals surface area contributed by atoms with Crippen LogP contribution in [0.1, 0.15) is 37.5 Å². The molecule has 0 atom stereocenters. The topological polar surface area (TPSA) is 106 Å². The molecule has 5 aromatic rings. The zero-order valence-electron chi connectivity index (χ0n) is 24.0. The van der Waals surface area contributed by atoms with Crippen LogP contribution in [0, 0.1) is 0 Å². The number of hydrogen-bond donors (Lipinski definition) is 2. The second-order valence-electron chi connectivity index (χ2n) is 10.3. The number of fused-ring (bicyclic) bond motifs is 2. The molecular formula is C34H31N5O4. The maximum absolute atomic E-state index is 13.2. The quantitative estimate of drug-likeness (QED) is 0.245. The number of benzene rings is 4. The Morgan fingerprint density at radius 2 is 1.51 bits per heavy atom. The fourth-order valence-electron chi connectivity index (χ4n) is 5.27. The van der Waals surface area contributed by atoms with E-state index < -0.39 is 5.91 Å². The molecule has 0 spiro atoms. The van der Waals surface area contributed by atoms with Crippen molar-refractivity contribution in [2.75, 3.05) is 31.4 Å². The summed E-state index contributed by atoms with van der Waals surface area (Å²) in [6.07, 6.45) is 2.37. The molecule has 9 nitrogen and oxygen atoms in total. The molecule has 1 aliphatic rings. The predicted octanol–water partition coefficient (Wildman–Crippen LogP) is 5.71. The Bertz CT molecular complexity index is 1810. The first kappa shape index (κ1) is 27.9. The van der Waals surface area contributed by atoms with Gasteiger partial charge in [0.1, 0.15) is 5.69 Å². The van der Waals surface area contributed by atoms with Crippen molar-refractivity contribution in [2.24, 2.45) is 0 Å². The van der Waals surface area contributed by atoms with Crippen molar-refractivity contribution >= 4 is 34.2 Å². The van der Waals surface area contributed by atoms with Crippen molar-refractivity contribution in [1.29, 1.82) is 0 Å². The van der Waals surface area contributed by atoms with Gasteiger partial charge < -0.3 is 20.1 Å². The van der Waals surface area contributed by atoms with Crippen LogP contribution in [0.25, 0.3) is 11.0 Å². The van der Waals surface area contributed by atoms with Crippen LogP contribution in [0.2, 0.25) is 0 Å². The molecule has 0 radical (unpaired) electrons. The number of para-hydroxylation sites is 3. The molecule has 6 rings (SSSR count). The predicted molar refractivity (Wildman–Crippen MR) is 166 cm³/mol. The number of carbonyl (C=O) groups excluding carboxylic acids is 2. The highest BCUT2D eigenvalue weighted by Gasteiger charge is 2.20. The van der Waals surface area contributed by atoms with Crippen LogP contribution < -0.4 is 20.1 Å². The highest BCUT2D eigenvalue weighted by atomic mass is 16.5. The molecular weight excluding hydrogens is 542 g/mol. The summed E-state index contributed by atoms with van der Waals surface area (Å²) in [5, 5.41) is 5.76. The van der Waals surface area contributed by atoms with Crippen LogP contribution in [-0.2, 0) is 19.5 Å². The lowest BCUT2D eigenvalue weighted by molar-refractivity contribution is 0.102. The van der Waals surface area contributed by atoms with Gasteiger partial charge in [-0.2, -0.15) is 0 Å². The Balaban J connectivity index is 1.09. The first-order chi connectivity index (χ1) is 21.0. The largest absolute Gasteiger partial charge is 0.493 e. The number of methoxy groups -OCH3 is 2. The van der Waals surface area contributed by atoms with E-state index >= 15 is 0 Å². The van der Waals surface area contributed by atoms with Gasteiger partial charge in [0.25, 0.3) is 11.8 Å². The van der Waals surface area contributed by atoms with Crippen molar-refractivity contribution in [2.45, 2.75) is 19.5 Å². The Labute approximate surface area is 249 Å². The summed E-state index contributed by atoms with van der Waals surface area (Å²) in [5.74, 6) is 0.731. The fraction of sp³-hybridized carbons (Fsp3) is 0.176. The molecule has 0 saturated heterocycles. The molecule has 0 unspecified atom stereocenters. The average Bonchev–Trinajstić information content (AvgIpc) is 3.04. The summed E-state index contributed by atoms with van der Waals surface area (Å²) in [6, 6.07) is 26.2. The van der Waals surface area contributed by atoms with E-state index in [9.17, 15) is 9.59 Å². The highest BCUT2D eigenvalue weighted by molar-refractivity contribution is 6.12. The summed E-state index contributed by atoms with van der Waals surface area (Å²) < 4.78 is 10.9. The van der Waals surface area contributed by atoms with E-state index in [2.05, 4.69) is 37.6 Å². The summed E-state index contributed by atoms with van der Waals surface area (Å²) >= 11 is 0. The molecule has 0 saturated carbocycles. The van der Waals surface area contributed by atoms with Gasteiger partial charge in [-0.15, -0.1) is 0 Å². The molecule has 43 heavy (non-hydrogen) atoms. The van der Waals surface area contributed by atoms with Gasteiger partial charge in [-0.25, -0.2) is 4.98 Å². The second kappa shape index (κ2) is 12.3. The van der Waals surface area contributed by atoms with Gasteiger partial charge in [0.05, 0.1) is 42.7 Å². The lowest BCUT2D eigenvalue weighted by Crippen LogP contribution is -2.30. The molecule has 0 bridgehead atoms. The van der Waals surface area contributed by atoms with Crippen molar-refractivity contribution in [3.05, 3.63) is 119 Å². The van der Waals surface area contributed by atoms with E-state index in [-0.39, 0.29) is 11.6 Å². The van der Waals surface area contributed by atoms with Gasteiger partial charge >= 0.3 is 0 Å². The number of aromatic nitrogens is 2. The minimum absolute atomic E-state index is 0.167. The van der Waals surface area contributed by atoms with Gasteiger partial charge in [0, 0.05) is 25.3 Å². The second-order valence-corrected chi connectivity index (χ2v) is 10.3. The van der Waals surface area contributed by atoms with E-state index in [0.717, 1.165) is 43.1 Å². The zero-order chi connectivity index (χ0) is 29.8. The third kappa shape index (κ3) is 6.17. The van der Waals surface area contributed by atoms with Crippen molar-refractivity contribution < 1.29 is 19.1 Å². The standard InChI is InChI=1S/C34H31N5O4/c1-42-31-17-23-15-16-39(21-24(23)18-32(31)43-2)20-22-11-13-25(14-12-22)36-33(40)26-7-3-4-8-27(26)38-34(41)30-19-35-28-9-5-6-10-29(28)37-30/h3-14,17-19H,15-16,20-21H2,1-2H3,(H,36,40)(H,38,41). The first-order valence-corrected chi connectivity index (χ1v) is 14.0. The van der Waals surface area contributed by atoms with Gasteiger partial charge in [-0.3, -0.25) is 19.5 Å². The minimum Gasteiger partial charge on any atom is -0.493 e. The Morgan fingerprint density at radius 1 is 0.814 bits per heavy atom. The van der Waals surface area contributed by atoms with Crippen LogP contribution >= 0.6 is 0 Å². The lowest BCUT2D eigenvalue weighted by atomic mass is 9.98. The monoisotopic (exact) mass is 573 g/mol. The Kier molecular flexibility index (Phi) is 7.97. The number of nitrogens with one attached hydrogen (secondary N) is 2. The fourth-order valence-corrected chi connectivity index (χ4v) is 5.27. The molecule has 1 aliphatic heterocycles. The van der Waals surface area contributed by atoms with Crippen LogP contribution in [-0.4, -0.2) is 47.4 Å². The molecule has 2 amide bonds. The smallest absolute Gasteiger partial charge is 0.275 e. The number of anilines is 2. The summed E-state index contributed by atoms with van der Waals surface area (Å²) in [6.45, 7) is 2.55. The average molecular weight is 574 g/mol. The van der Waals surface area contributed by atoms with Crippen LogP contribution in [0.5, 0.6) is 11.5 Å². The maximum atomic E-state index is 13.2. The zero-order valence-corrected chi connectivity index (χ0v) is 24.0. The van der Waals surface area contributed by atoms with Crippen LogP contribution in [0.4, 0.5) is 11.4 Å². The van der Waals surface area contributed by atoms with Gasteiger partial charge in [0.15, 0.2) is 11.5 Å². The SMILES string of the molecule is COc1cc2c(cc1OC)CN(Cc1ccc(NC(=O)c3ccccc3NC(=O)c3cnc4ccccc4n3)cc1)CC2. The number of hydrogen-bond acceptors (Lipinski definition) is 7. The van der Waals surface area contributed by atoms with Crippen molar-refractivity contribution in [3.63, 3.8) is 0 Å². The Hall–Kier alpha value is -5.28. The molecule has 2 heterocycles. The number of amides is 2. The third-order valence-corrected chi connectivity index (χ3v) is 7.52. The minimum atomic E-state index is -0.444. The molecule has 4 aromatic carbocycles. The first-order valence-electron chi connectivity index (χ1n) is 14.0. The van der Waals surface area contributed by atoms with Gasteiger partial charge in [0.2, 0.25) is 0 Å². The molecule has 1 aromatic heterocycles. The van der Waals surface area contributed by atoms with E-state index in [1.165, 1.54) is 17.3 Å². The number of carbonyl (C=O) groups is 2.